The van der Waals surface area contributed by atoms with E-state index in [0.717, 1.165) is 16.6 Å². The van der Waals surface area contributed by atoms with E-state index in [9.17, 15) is 10.1 Å². The Balaban J connectivity index is 1.65. The summed E-state index contributed by atoms with van der Waals surface area (Å²) in [6.45, 7) is 2.01. The Kier molecular flexibility index (Phi) is 4.75. The molecule has 2 aromatic heterocycles. The standard InChI is InChI=1S/C22H15N3O2S/c1-14-6-8-17(9-7-14)24-12-16(11-23)21-25-19(13-28-21)18-10-15-4-2-3-5-20(15)27-22(18)26/h2-10,12-13,24H,1H3/b16-12-. The molecule has 0 aliphatic carbocycles. The van der Waals surface area contributed by atoms with Crippen LogP contribution < -0.4 is 10.9 Å². The summed E-state index contributed by atoms with van der Waals surface area (Å²) < 4.78 is 5.38. The molecule has 0 radical (unpaired) electrons. The van der Waals surface area contributed by atoms with Gasteiger partial charge in [0.15, 0.2) is 0 Å². The van der Waals surface area contributed by atoms with E-state index in [1.807, 2.05) is 49.4 Å². The molecule has 136 valence electrons. The molecule has 0 saturated carbocycles. The second-order valence-corrected chi connectivity index (χ2v) is 7.06. The molecule has 6 heteroatoms. The topological polar surface area (TPSA) is 78.9 Å². The van der Waals surface area contributed by atoms with Crippen molar-refractivity contribution in [3.05, 3.63) is 87.2 Å². The molecule has 0 bridgehead atoms. The van der Waals surface area contributed by atoms with Gasteiger partial charge in [-0.3, -0.25) is 0 Å². The van der Waals surface area contributed by atoms with Gasteiger partial charge in [-0.1, -0.05) is 35.9 Å². The van der Waals surface area contributed by atoms with E-state index in [1.165, 1.54) is 11.3 Å². The number of thiazole rings is 1. The fourth-order valence-corrected chi connectivity index (χ4v) is 3.49. The number of hydrogen-bond acceptors (Lipinski definition) is 6. The Labute approximate surface area is 165 Å². The van der Waals surface area contributed by atoms with Crippen molar-refractivity contribution < 1.29 is 4.42 Å². The van der Waals surface area contributed by atoms with Crippen LogP contribution >= 0.6 is 11.3 Å². The maximum atomic E-state index is 12.3. The Morgan fingerprint density at radius 2 is 2.00 bits per heavy atom. The Hall–Kier alpha value is -3.69. The monoisotopic (exact) mass is 385 g/mol. The number of nitriles is 1. The summed E-state index contributed by atoms with van der Waals surface area (Å²) in [5.41, 5.74) is 3.39. The Morgan fingerprint density at radius 3 is 2.79 bits per heavy atom. The summed E-state index contributed by atoms with van der Waals surface area (Å²) in [5, 5.41) is 15.7. The van der Waals surface area contributed by atoms with Crippen molar-refractivity contribution in [1.82, 2.24) is 4.98 Å². The van der Waals surface area contributed by atoms with Crippen LogP contribution in [0.1, 0.15) is 10.6 Å². The lowest BCUT2D eigenvalue weighted by Gasteiger charge is -2.02. The molecule has 0 saturated heterocycles. The van der Waals surface area contributed by atoms with E-state index >= 15 is 0 Å². The van der Waals surface area contributed by atoms with Crippen molar-refractivity contribution in [3.8, 4) is 17.3 Å². The van der Waals surface area contributed by atoms with Gasteiger partial charge in [-0.2, -0.15) is 5.26 Å². The number of anilines is 1. The number of fused-ring (bicyclic) bond motifs is 1. The van der Waals surface area contributed by atoms with Gasteiger partial charge in [0.2, 0.25) is 0 Å². The van der Waals surface area contributed by atoms with Gasteiger partial charge >= 0.3 is 5.63 Å². The average molecular weight is 385 g/mol. The van der Waals surface area contributed by atoms with E-state index in [-0.39, 0.29) is 0 Å². The van der Waals surface area contributed by atoms with Crippen LogP contribution in [0.4, 0.5) is 5.69 Å². The highest BCUT2D eigenvalue weighted by Gasteiger charge is 2.13. The molecule has 2 aromatic carbocycles. The maximum absolute atomic E-state index is 12.3. The van der Waals surface area contributed by atoms with Crippen molar-refractivity contribution in [3.63, 3.8) is 0 Å². The molecule has 0 amide bonds. The van der Waals surface area contributed by atoms with Crippen molar-refractivity contribution in [1.29, 1.82) is 5.26 Å². The van der Waals surface area contributed by atoms with Crippen LogP contribution in [-0.2, 0) is 0 Å². The Bertz CT molecular complexity index is 1280. The molecule has 4 rings (SSSR count). The Morgan fingerprint density at radius 1 is 1.21 bits per heavy atom. The molecule has 0 unspecified atom stereocenters. The second kappa shape index (κ2) is 7.51. The summed E-state index contributed by atoms with van der Waals surface area (Å²) in [4.78, 5) is 16.8. The first-order valence-electron chi connectivity index (χ1n) is 8.57. The molecule has 0 atom stereocenters. The third kappa shape index (κ3) is 3.56. The van der Waals surface area contributed by atoms with Gasteiger partial charge in [0.1, 0.15) is 22.2 Å². The summed E-state index contributed by atoms with van der Waals surface area (Å²) in [6.07, 6.45) is 1.62. The van der Waals surface area contributed by atoms with Crippen LogP contribution in [0.3, 0.4) is 0 Å². The quantitative estimate of drug-likeness (QED) is 0.386. The number of allylic oxidation sites excluding steroid dienone is 1. The third-order valence-electron chi connectivity index (χ3n) is 4.21. The minimum Gasteiger partial charge on any atom is -0.422 e. The maximum Gasteiger partial charge on any atom is 0.345 e. The van der Waals surface area contributed by atoms with Crippen molar-refractivity contribution in [2.75, 3.05) is 5.32 Å². The number of benzene rings is 2. The second-order valence-electron chi connectivity index (χ2n) is 6.20. The lowest BCUT2D eigenvalue weighted by molar-refractivity contribution is 0.563. The van der Waals surface area contributed by atoms with E-state index < -0.39 is 5.63 Å². The summed E-state index contributed by atoms with van der Waals surface area (Å²) in [5.74, 6) is 0. The van der Waals surface area contributed by atoms with Gasteiger partial charge in [-0.15, -0.1) is 11.3 Å². The van der Waals surface area contributed by atoms with Crippen LogP contribution in [0.25, 0.3) is 27.8 Å². The first-order valence-corrected chi connectivity index (χ1v) is 9.44. The van der Waals surface area contributed by atoms with Crippen molar-refractivity contribution in [2.45, 2.75) is 6.92 Å². The van der Waals surface area contributed by atoms with E-state index in [1.54, 1.807) is 23.7 Å². The van der Waals surface area contributed by atoms with Gasteiger partial charge in [-0.25, -0.2) is 9.78 Å². The molecule has 28 heavy (non-hydrogen) atoms. The molecule has 0 aliphatic heterocycles. The minimum absolute atomic E-state index is 0.380. The fraction of sp³-hybridized carbons (Fsp3) is 0.0455. The molecule has 5 nitrogen and oxygen atoms in total. The lowest BCUT2D eigenvalue weighted by atomic mass is 10.1. The number of aryl methyl sites for hydroxylation is 1. The van der Waals surface area contributed by atoms with Gasteiger partial charge in [0.05, 0.1) is 11.3 Å². The highest BCUT2D eigenvalue weighted by atomic mass is 32.1. The largest absolute Gasteiger partial charge is 0.422 e. The number of hydrogen-bond donors (Lipinski definition) is 1. The zero-order chi connectivity index (χ0) is 19.5. The molecule has 0 fully saturated rings. The molecule has 0 aliphatic rings. The number of nitrogens with one attached hydrogen (secondary N) is 1. The molecule has 4 aromatic rings. The van der Waals surface area contributed by atoms with E-state index in [0.29, 0.717) is 27.4 Å². The highest BCUT2D eigenvalue weighted by Crippen LogP contribution is 2.26. The predicted octanol–water partition coefficient (Wildman–Crippen LogP) is 5.20. The normalized spacial score (nSPS) is 11.4. The van der Waals surface area contributed by atoms with Crippen LogP contribution in [0, 0.1) is 18.3 Å². The summed E-state index contributed by atoms with van der Waals surface area (Å²) in [7, 11) is 0. The van der Waals surface area contributed by atoms with E-state index in [4.69, 9.17) is 4.42 Å². The highest BCUT2D eigenvalue weighted by molar-refractivity contribution is 7.11. The van der Waals surface area contributed by atoms with Gasteiger partial charge < -0.3 is 9.73 Å². The van der Waals surface area contributed by atoms with Crippen molar-refractivity contribution in [2.24, 2.45) is 0 Å². The third-order valence-corrected chi connectivity index (χ3v) is 5.08. The van der Waals surface area contributed by atoms with Gasteiger partial charge in [0.25, 0.3) is 0 Å². The molecular formula is C22H15N3O2S. The van der Waals surface area contributed by atoms with Crippen LogP contribution in [0.2, 0.25) is 0 Å². The number of aromatic nitrogens is 1. The van der Waals surface area contributed by atoms with Crippen LogP contribution in [0.15, 0.2) is 75.4 Å². The lowest BCUT2D eigenvalue weighted by Crippen LogP contribution is -2.02. The first kappa shape index (κ1) is 17.7. The number of nitrogens with zero attached hydrogens (tertiary/aromatic N) is 2. The molecule has 1 N–H and O–H groups in total. The van der Waals surface area contributed by atoms with Crippen LogP contribution in [-0.4, -0.2) is 4.98 Å². The minimum atomic E-state index is -0.448. The number of rotatable bonds is 4. The molecule has 2 heterocycles. The fourth-order valence-electron chi connectivity index (χ4n) is 2.71. The molecular weight excluding hydrogens is 370 g/mol. The summed E-state index contributed by atoms with van der Waals surface area (Å²) >= 11 is 1.31. The molecule has 0 spiro atoms. The average Bonchev–Trinajstić information content (AvgIpc) is 3.19. The number of para-hydroxylation sites is 1. The SMILES string of the molecule is Cc1ccc(N/C=C(/C#N)c2nc(-c3cc4ccccc4oc3=O)cs2)cc1. The predicted molar refractivity (Wildman–Crippen MR) is 112 cm³/mol. The van der Waals surface area contributed by atoms with E-state index in [2.05, 4.69) is 16.4 Å². The zero-order valence-corrected chi connectivity index (χ0v) is 15.8. The first-order chi connectivity index (χ1) is 13.6. The van der Waals surface area contributed by atoms with Crippen molar-refractivity contribution >= 4 is 33.6 Å². The smallest absolute Gasteiger partial charge is 0.345 e. The van der Waals surface area contributed by atoms with Crippen LogP contribution in [0.5, 0.6) is 0 Å². The summed E-state index contributed by atoms with van der Waals surface area (Å²) in [6, 6.07) is 19.1. The zero-order valence-electron chi connectivity index (χ0n) is 15.0. The van der Waals surface area contributed by atoms with Gasteiger partial charge in [0, 0.05) is 22.7 Å². The van der Waals surface area contributed by atoms with Gasteiger partial charge in [-0.05, 0) is 31.2 Å².